The predicted octanol–water partition coefficient (Wildman–Crippen LogP) is 3.51. The van der Waals surface area contributed by atoms with Crippen molar-refractivity contribution in [1.82, 2.24) is 5.32 Å². The van der Waals surface area contributed by atoms with Gasteiger partial charge in [0.05, 0.1) is 12.8 Å². The standard InChI is InChI=1S/C12H15NOS/c1-9(2)13-8-11-10(5-6-14-11)12-4-3-7-15-12/h3-7,9,13H,8H2,1-2H3. The lowest BCUT2D eigenvalue weighted by molar-refractivity contribution is 0.466. The van der Waals surface area contributed by atoms with Crippen LogP contribution in [0.1, 0.15) is 19.6 Å². The van der Waals surface area contributed by atoms with Crippen molar-refractivity contribution in [3.8, 4) is 10.4 Å². The topological polar surface area (TPSA) is 25.2 Å². The highest BCUT2D eigenvalue weighted by Gasteiger charge is 2.09. The molecule has 0 atom stereocenters. The molecule has 0 bridgehead atoms. The first-order valence-corrected chi connectivity index (χ1v) is 5.99. The summed E-state index contributed by atoms with van der Waals surface area (Å²) in [4.78, 5) is 1.27. The van der Waals surface area contributed by atoms with Gasteiger partial charge in [0.2, 0.25) is 0 Å². The minimum atomic E-state index is 0.478. The van der Waals surface area contributed by atoms with Gasteiger partial charge in [0.25, 0.3) is 0 Å². The van der Waals surface area contributed by atoms with E-state index in [9.17, 15) is 0 Å². The minimum absolute atomic E-state index is 0.478. The Labute approximate surface area is 93.9 Å². The SMILES string of the molecule is CC(C)NCc1occc1-c1cccs1. The van der Waals surface area contributed by atoms with Crippen LogP contribution in [0.25, 0.3) is 10.4 Å². The zero-order valence-electron chi connectivity index (χ0n) is 8.99. The van der Waals surface area contributed by atoms with E-state index in [1.165, 1.54) is 10.4 Å². The lowest BCUT2D eigenvalue weighted by Crippen LogP contribution is -2.21. The zero-order valence-corrected chi connectivity index (χ0v) is 9.80. The van der Waals surface area contributed by atoms with E-state index in [4.69, 9.17) is 4.42 Å². The molecular formula is C12H15NOS. The van der Waals surface area contributed by atoms with Crippen molar-refractivity contribution in [2.45, 2.75) is 26.4 Å². The molecule has 0 spiro atoms. The Kier molecular flexibility index (Phi) is 3.23. The maximum absolute atomic E-state index is 5.48. The summed E-state index contributed by atoms with van der Waals surface area (Å²) < 4.78 is 5.48. The minimum Gasteiger partial charge on any atom is -0.467 e. The fourth-order valence-corrected chi connectivity index (χ4v) is 2.20. The van der Waals surface area contributed by atoms with Gasteiger partial charge in [0.1, 0.15) is 5.76 Å². The Morgan fingerprint density at radius 3 is 2.93 bits per heavy atom. The normalized spacial score (nSPS) is 11.1. The number of hydrogen-bond donors (Lipinski definition) is 1. The molecule has 0 aliphatic rings. The lowest BCUT2D eigenvalue weighted by atomic mass is 10.2. The van der Waals surface area contributed by atoms with Crippen molar-refractivity contribution in [3.05, 3.63) is 35.6 Å². The Morgan fingerprint density at radius 2 is 2.27 bits per heavy atom. The molecule has 0 saturated heterocycles. The average molecular weight is 221 g/mol. The van der Waals surface area contributed by atoms with Gasteiger partial charge in [-0.15, -0.1) is 11.3 Å². The fourth-order valence-electron chi connectivity index (χ4n) is 1.43. The van der Waals surface area contributed by atoms with Crippen molar-refractivity contribution in [2.75, 3.05) is 0 Å². The van der Waals surface area contributed by atoms with Crippen LogP contribution in [-0.2, 0) is 6.54 Å². The summed E-state index contributed by atoms with van der Waals surface area (Å²) in [5.74, 6) is 1.02. The van der Waals surface area contributed by atoms with Gasteiger partial charge in [0, 0.05) is 16.5 Å². The summed E-state index contributed by atoms with van der Waals surface area (Å²) in [6, 6.07) is 6.69. The molecule has 2 rings (SSSR count). The Hall–Kier alpha value is -1.06. The number of furan rings is 1. The molecule has 0 radical (unpaired) electrons. The second-order valence-electron chi connectivity index (χ2n) is 3.77. The third kappa shape index (κ3) is 2.49. The van der Waals surface area contributed by atoms with Gasteiger partial charge in [-0.1, -0.05) is 19.9 Å². The van der Waals surface area contributed by atoms with Gasteiger partial charge in [-0.05, 0) is 17.5 Å². The summed E-state index contributed by atoms with van der Waals surface area (Å²) in [5, 5.41) is 5.45. The molecule has 1 N–H and O–H groups in total. The molecule has 0 unspecified atom stereocenters. The summed E-state index contributed by atoms with van der Waals surface area (Å²) >= 11 is 1.74. The molecule has 2 aromatic heterocycles. The predicted molar refractivity (Wildman–Crippen MR) is 64.0 cm³/mol. The largest absolute Gasteiger partial charge is 0.467 e. The van der Waals surface area contributed by atoms with Gasteiger partial charge < -0.3 is 9.73 Å². The van der Waals surface area contributed by atoms with Gasteiger partial charge in [-0.2, -0.15) is 0 Å². The molecule has 15 heavy (non-hydrogen) atoms. The molecular weight excluding hydrogens is 206 g/mol. The van der Waals surface area contributed by atoms with Crippen LogP contribution < -0.4 is 5.32 Å². The number of rotatable bonds is 4. The molecule has 0 amide bonds. The third-order valence-electron chi connectivity index (χ3n) is 2.20. The van der Waals surface area contributed by atoms with Gasteiger partial charge in [-0.25, -0.2) is 0 Å². The van der Waals surface area contributed by atoms with Crippen molar-refractivity contribution in [2.24, 2.45) is 0 Å². The van der Waals surface area contributed by atoms with Crippen molar-refractivity contribution in [3.63, 3.8) is 0 Å². The second kappa shape index (κ2) is 4.64. The van der Waals surface area contributed by atoms with Crippen molar-refractivity contribution in [1.29, 1.82) is 0 Å². The van der Waals surface area contributed by atoms with Crippen LogP contribution in [0, 0.1) is 0 Å². The van der Waals surface area contributed by atoms with Crippen LogP contribution in [-0.4, -0.2) is 6.04 Å². The molecule has 3 heteroatoms. The van der Waals surface area contributed by atoms with E-state index in [1.807, 2.05) is 6.07 Å². The van der Waals surface area contributed by atoms with E-state index >= 15 is 0 Å². The van der Waals surface area contributed by atoms with Crippen molar-refractivity contribution < 1.29 is 4.42 Å². The van der Waals surface area contributed by atoms with Crippen LogP contribution in [0.2, 0.25) is 0 Å². The highest BCUT2D eigenvalue weighted by Crippen LogP contribution is 2.28. The number of hydrogen-bond acceptors (Lipinski definition) is 3. The first kappa shape index (κ1) is 10.5. The lowest BCUT2D eigenvalue weighted by Gasteiger charge is -2.06. The van der Waals surface area contributed by atoms with Gasteiger partial charge in [-0.3, -0.25) is 0 Å². The van der Waals surface area contributed by atoms with Gasteiger partial charge >= 0.3 is 0 Å². The molecule has 0 saturated carbocycles. The Bertz CT molecular complexity index is 403. The molecule has 0 fully saturated rings. The summed E-state index contributed by atoms with van der Waals surface area (Å²) in [6.07, 6.45) is 1.76. The molecule has 0 aromatic carbocycles. The Balaban J connectivity index is 2.16. The summed E-state index contributed by atoms with van der Waals surface area (Å²) in [6.45, 7) is 5.05. The summed E-state index contributed by atoms with van der Waals surface area (Å²) in [7, 11) is 0. The maximum atomic E-state index is 5.48. The highest BCUT2D eigenvalue weighted by molar-refractivity contribution is 7.13. The van der Waals surface area contributed by atoms with Crippen molar-refractivity contribution >= 4 is 11.3 Å². The smallest absolute Gasteiger partial charge is 0.126 e. The molecule has 2 nitrogen and oxygen atoms in total. The third-order valence-corrected chi connectivity index (χ3v) is 3.11. The monoisotopic (exact) mass is 221 g/mol. The van der Waals surface area contributed by atoms with E-state index in [0.29, 0.717) is 6.04 Å². The second-order valence-corrected chi connectivity index (χ2v) is 4.72. The van der Waals surface area contributed by atoms with Crippen LogP contribution in [0.5, 0.6) is 0 Å². The molecule has 2 heterocycles. The highest BCUT2D eigenvalue weighted by atomic mass is 32.1. The molecule has 2 aromatic rings. The van der Waals surface area contributed by atoms with Crippen LogP contribution >= 0.6 is 11.3 Å². The number of thiophene rings is 1. The van der Waals surface area contributed by atoms with Crippen LogP contribution in [0.15, 0.2) is 34.3 Å². The molecule has 0 aliphatic heterocycles. The number of nitrogens with one attached hydrogen (secondary N) is 1. The van der Waals surface area contributed by atoms with E-state index in [0.717, 1.165) is 12.3 Å². The molecule has 0 aliphatic carbocycles. The first-order valence-electron chi connectivity index (χ1n) is 5.11. The van der Waals surface area contributed by atoms with Crippen LogP contribution in [0.3, 0.4) is 0 Å². The average Bonchev–Trinajstić information content (AvgIpc) is 2.85. The van der Waals surface area contributed by atoms with Crippen LogP contribution in [0.4, 0.5) is 0 Å². The van der Waals surface area contributed by atoms with E-state index in [-0.39, 0.29) is 0 Å². The van der Waals surface area contributed by atoms with E-state index in [1.54, 1.807) is 17.6 Å². The fraction of sp³-hybridized carbons (Fsp3) is 0.333. The maximum Gasteiger partial charge on any atom is 0.126 e. The Morgan fingerprint density at radius 1 is 1.40 bits per heavy atom. The first-order chi connectivity index (χ1) is 7.27. The quantitative estimate of drug-likeness (QED) is 0.854. The summed E-state index contributed by atoms with van der Waals surface area (Å²) in [5.41, 5.74) is 1.21. The zero-order chi connectivity index (χ0) is 10.7. The van der Waals surface area contributed by atoms with Gasteiger partial charge in [0.15, 0.2) is 0 Å². The molecule has 80 valence electrons. The van der Waals surface area contributed by atoms with E-state index < -0.39 is 0 Å². The van der Waals surface area contributed by atoms with E-state index in [2.05, 4.69) is 36.7 Å².